The fraction of sp³-hybridized carbons (Fsp3) is 0.200. The van der Waals surface area contributed by atoms with Crippen LogP contribution in [0.5, 0.6) is 0 Å². The largest absolute Gasteiger partial charge is 0.357 e. The molecule has 0 saturated carbocycles. The molecular formula is C15H18N4. The van der Waals surface area contributed by atoms with Crippen molar-refractivity contribution in [2.24, 2.45) is 0 Å². The molecule has 0 unspecified atom stereocenters. The molecule has 0 aliphatic heterocycles. The Hall–Kier alpha value is -2.36. The summed E-state index contributed by atoms with van der Waals surface area (Å²) >= 11 is 0. The van der Waals surface area contributed by atoms with Crippen molar-refractivity contribution >= 4 is 22.5 Å². The van der Waals surface area contributed by atoms with Gasteiger partial charge < -0.3 is 10.2 Å². The Morgan fingerprint density at radius 3 is 2.84 bits per heavy atom. The van der Waals surface area contributed by atoms with E-state index in [2.05, 4.69) is 40.1 Å². The average Bonchev–Trinajstić information content (AvgIpc) is 2.46. The number of anilines is 1. The summed E-state index contributed by atoms with van der Waals surface area (Å²) < 4.78 is 0. The zero-order valence-electron chi connectivity index (χ0n) is 11.5. The molecule has 0 amide bonds. The van der Waals surface area contributed by atoms with Gasteiger partial charge >= 0.3 is 0 Å². The number of allylic oxidation sites excluding steroid dienone is 1. The molecule has 1 N–H and O–H groups in total. The highest BCUT2D eigenvalue weighted by Crippen LogP contribution is 2.22. The van der Waals surface area contributed by atoms with Crippen molar-refractivity contribution in [2.75, 3.05) is 19.4 Å². The molecule has 0 saturated heterocycles. The summed E-state index contributed by atoms with van der Waals surface area (Å²) in [7, 11) is 3.79. The van der Waals surface area contributed by atoms with Gasteiger partial charge in [0.25, 0.3) is 0 Å². The first-order valence-corrected chi connectivity index (χ1v) is 6.16. The van der Waals surface area contributed by atoms with Crippen LogP contribution in [0.3, 0.4) is 0 Å². The SMILES string of the molecule is C=CN(C)/C(=C\C)c1ccc2cnc(NC)nc2c1. The number of hydrogen-bond acceptors (Lipinski definition) is 4. The maximum Gasteiger partial charge on any atom is 0.222 e. The second kappa shape index (κ2) is 5.52. The molecule has 0 radical (unpaired) electrons. The number of fused-ring (bicyclic) bond motifs is 1. The molecule has 0 atom stereocenters. The van der Waals surface area contributed by atoms with Gasteiger partial charge in [-0.3, -0.25) is 0 Å². The van der Waals surface area contributed by atoms with Crippen LogP contribution in [-0.4, -0.2) is 29.0 Å². The van der Waals surface area contributed by atoms with Crippen LogP contribution in [0.1, 0.15) is 12.5 Å². The standard InChI is InChI=1S/C15H18N4/c1-5-14(19(4)6-2)11-7-8-12-10-17-15(16-3)18-13(12)9-11/h5-10H,2H2,1,3-4H3,(H,16,17,18)/b14-5-. The van der Waals surface area contributed by atoms with Gasteiger partial charge in [0, 0.05) is 31.4 Å². The molecule has 4 nitrogen and oxygen atoms in total. The van der Waals surface area contributed by atoms with Crippen LogP contribution < -0.4 is 5.32 Å². The number of aromatic nitrogens is 2. The van der Waals surface area contributed by atoms with Crippen LogP contribution in [0, 0.1) is 0 Å². The minimum Gasteiger partial charge on any atom is -0.357 e. The minimum atomic E-state index is 0.628. The highest BCUT2D eigenvalue weighted by molar-refractivity contribution is 5.83. The number of benzene rings is 1. The fourth-order valence-electron chi connectivity index (χ4n) is 1.98. The Morgan fingerprint density at radius 1 is 1.42 bits per heavy atom. The van der Waals surface area contributed by atoms with E-state index in [1.54, 1.807) is 6.20 Å². The lowest BCUT2D eigenvalue weighted by atomic mass is 10.1. The summed E-state index contributed by atoms with van der Waals surface area (Å²) in [4.78, 5) is 10.7. The highest BCUT2D eigenvalue weighted by Gasteiger charge is 2.06. The lowest BCUT2D eigenvalue weighted by Gasteiger charge is -2.18. The second-order valence-electron chi connectivity index (χ2n) is 4.18. The predicted molar refractivity (Wildman–Crippen MR) is 80.7 cm³/mol. The van der Waals surface area contributed by atoms with Crippen molar-refractivity contribution in [1.29, 1.82) is 0 Å². The lowest BCUT2D eigenvalue weighted by Crippen LogP contribution is -2.08. The monoisotopic (exact) mass is 254 g/mol. The van der Waals surface area contributed by atoms with Gasteiger partial charge in [-0.25, -0.2) is 9.97 Å². The van der Waals surface area contributed by atoms with Crippen LogP contribution in [0.2, 0.25) is 0 Å². The summed E-state index contributed by atoms with van der Waals surface area (Å²) in [5.74, 6) is 0.628. The number of hydrogen-bond donors (Lipinski definition) is 1. The summed E-state index contributed by atoms with van der Waals surface area (Å²) in [6.07, 6.45) is 5.67. The van der Waals surface area contributed by atoms with Crippen molar-refractivity contribution in [3.63, 3.8) is 0 Å². The smallest absolute Gasteiger partial charge is 0.222 e. The maximum atomic E-state index is 4.46. The average molecular weight is 254 g/mol. The Labute approximate surface area is 113 Å². The highest BCUT2D eigenvalue weighted by atomic mass is 15.1. The van der Waals surface area contributed by atoms with Crippen molar-refractivity contribution < 1.29 is 0 Å². The van der Waals surface area contributed by atoms with Crippen molar-refractivity contribution in [3.05, 3.63) is 48.8 Å². The molecule has 1 aromatic heterocycles. The molecule has 0 aliphatic carbocycles. The molecule has 4 heteroatoms. The fourth-order valence-corrected chi connectivity index (χ4v) is 1.98. The van der Waals surface area contributed by atoms with E-state index in [1.165, 1.54) is 0 Å². The first-order chi connectivity index (χ1) is 9.19. The molecule has 2 aromatic rings. The zero-order valence-corrected chi connectivity index (χ0v) is 11.5. The van der Waals surface area contributed by atoms with E-state index in [1.807, 2.05) is 38.2 Å². The molecule has 0 spiro atoms. The van der Waals surface area contributed by atoms with E-state index < -0.39 is 0 Å². The molecule has 1 heterocycles. The van der Waals surface area contributed by atoms with Crippen LogP contribution in [0.25, 0.3) is 16.6 Å². The number of rotatable bonds is 4. The molecule has 0 aliphatic rings. The van der Waals surface area contributed by atoms with Gasteiger partial charge in [-0.05, 0) is 24.8 Å². The van der Waals surface area contributed by atoms with Gasteiger partial charge in [0.2, 0.25) is 5.95 Å². The third-order valence-corrected chi connectivity index (χ3v) is 3.03. The third kappa shape index (κ3) is 2.57. The van der Waals surface area contributed by atoms with Gasteiger partial charge in [-0.15, -0.1) is 0 Å². The van der Waals surface area contributed by atoms with Crippen LogP contribution in [0.15, 0.2) is 43.3 Å². The second-order valence-corrected chi connectivity index (χ2v) is 4.18. The Kier molecular flexibility index (Phi) is 3.80. The Morgan fingerprint density at radius 2 is 2.21 bits per heavy atom. The quantitative estimate of drug-likeness (QED) is 0.910. The molecule has 19 heavy (non-hydrogen) atoms. The first kappa shape index (κ1) is 13.1. The van der Waals surface area contributed by atoms with Gasteiger partial charge in [0.15, 0.2) is 0 Å². The Balaban J connectivity index is 2.53. The summed E-state index contributed by atoms with van der Waals surface area (Å²) in [6, 6.07) is 6.16. The van der Waals surface area contributed by atoms with Gasteiger partial charge in [0.05, 0.1) is 5.52 Å². The van der Waals surface area contributed by atoms with E-state index >= 15 is 0 Å². The predicted octanol–water partition coefficient (Wildman–Crippen LogP) is 3.11. The van der Waals surface area contributed by atoms with Gasteiger partial charge in [0.1, 0.15) is 0 Å². The van der Waals surface area contributed by atoms with E-state index in [-0.39, 0.29) is 0 Å². The van der Waals surface area contributed by atoms with Crippen LogP contribution >= 0.6 is 0 Å². The van der Waals surface area contributed by atoms with Crippen molar-refractivity contribution in [3.8, 4) is 0 Å². The molecular weight excluding hydrogens is 236 g/mol. The van der Waals surface area contributed by atoms with Crippen LogP contribution in [-0.2, 0) is 0 Å². The molecule has 2 rings (SSSR count). The minimum absolute atomic E-state index is 0.628. The number of nitrogens with one attached hydrogen (secondary N) is 1. The maximum absolute atomic E-state index is 4.46. The zero-order chi connectivity index (χ0) is 13.8. The lowest BCUT2D eigenvalue weighted by molar-refractivity contribution is 0.657. The van der Waals surface area contributed by atoms with E-state index in [4.69, 9.17) is 0 Å². The van der Waals surface area contributed by atoms with Crippen molar-refractivity contribution in [2.45, 2.75) is 6.92 Å². The Bertz CT molecular complexity index is 631. The molecule has 1 aromatic carbocycles. The summed E-state index contributed by atoms with van der Waals surface area (Å²) in [5, 5.41) is 3.98. The van der Waals surface area contributed by atoms with E-state index in [0.717, 1.165) is 22.2 Å². The number of nitrogens with zero attached hydrogens (tertiary/aromatic N) is 3. The molecule has 0 fully saturated rings. The summed E-state index contributed by atoms with van der Waals surface area (Å²) in [6.45, 7) is 5.81. The first-order valence-electron chi connectivity index (χ1n) is 6.16. The third-order valence-electron chi connectivity index (χ3n) is 3.03. The molecule has 0 bridgehead atoms. The van der Waals surface area contributed by atoms with Crippen molar-refractivity contribution in [1.82, 2.24) is 14.9 Å². The van der Waals surface area contributed by atoms with E-state index in [0.29, 0.717) is 5.95 Å². The van der Waals surface area contributed by atoms with E-state index in [9.17, 15) is 0 Å². The van der Waals surface area contributed by atoms with Crippen LogP contribution in [0.4, 0.5) is 5.95 Å². The summed E-state index contributed by atoms with van der Waals surface area (Å²) in [5.41, 5.74) is 3.13. The van der Waals surface area contributed by atoms with Gasteiger partial charge in [-0.2, -0.15) is 0 Å². The topological polar surface area (TPSA) is 41.1 Å². The normalized spacial score (nSPS) is 11.4. The van der Waals surface area contributed by atoms with Gasteiger partial charge in [-0.1, -0.05) is 24.8 Å². The molecule has 98 valence electrons.